The molecule has 47 heavy (non-hydrogen) atoms. The number of nitrogens with zero attached hydrogens (tertiary/aromatic N) is 3. The van der Waals surface area contributed by atoms with Crippen LogP contribution >= 0.6 is 0 Å². The fourth-order valence-corrected chi connectivity index (χ4v) is 4.26. The molecular weight excluding hydrogens is 616 g/mol. The molecule has 16 heteroatoms. The molecule has 0 aliphatic heterocycles. The van der Waals surface area contributed by atoms with Crippen molar-refractivity contribution in [3.05, 3.63) is 0 Å². The molecule has 0 unspecified atom stereocenters. The smallest absolute Gasteiger partial charge is 0.246 e. The molecule has 0 aromatic rings. The molecule has 0 radical (unpaired) electrons. The van der Waals surface area contributed by atoms with E-state index in [0.29, 0.717) is 99.0 Å². The van der Waals surface area contributed by atoms with Crippen molar-refractivity contribution < 1.29 is 49.5 Å². The number of hydroxylamine groups is 6. The average Bonchev–Trinajstić information content (AvgIpc) is 3.02. The highest BCUT2D eigenvalue weighted by molar-refractivity contribution is 5.84. The summed E-state index contributed by atoms with van der Waals surface area (Å²) in [5.74, 6) is -2.31. The first kappa shape index (κ1) is 43.7. The predicted octanol–water partition coefficient (Wildman–Crippen LogP) is 1.49. The molecule has 0 saturated carbocycles. The summed E-state index contributed by atoms with van der Waals surface area (Å²) in [7, 11) is 0. The van der Waals surface area contributed by atoms with Crippen LogP contribution in [0.3, 0.4) is 0 Å². The lowest BCUT2D eigenvalue weighted by Gasteiger charge is -2.22. The second-order valence-corrected chi connectivity index (χ2v) is 12.2. The Morgan fingerprint density at radius 3 is 1.32 bits per heavy atom. The number of carbonyl (C=O) groups excluding carboxylic acids is 6. The normalized spacial score (nSPS) is 11.0. The first-order chi connectivity index (χ1) is 22.2. The fraction of sp³-hybridized carbons (Fsp3) is 0.806. The Kier molecular flexibility index (Phi) is 23.9. The van der Waals surface area contributed by atoms with Gasteiger partial charge in [-0.3, -0.25) is 44.4 Å². The number of hydrogen-bond donors (Lipinski definition) is 7. The standard InChI is InChI=1S/C31H58N6O10/c1-25(39)35(45)21-10-4-7-18-32-26(40)13-15-28(42)36(46)22-11-5-8-19-33-27(41)14-16-29(43)37(47)23-12-6-9-20-34-30(44)31(2,3)17-24-38/h38,45-47H,4-24H2,1-3H3,(H,32,40)(H,33,41)(H,34,44). The van der Waals surface area contributed by atoms with Crippen molar-refractivity contribution in [3.63, 3.8) is 0 Å². The lowest BCUT2D eigenvalue weighted by atomic mass is 9.88. The number of unbranched alkanes of at least 4 members (excludes halogenated alkanes) is 6. The summed E-state index contributed by atoms with van der Waals surface area (Å²) in [5, 5.41) is 48.2. The van der Waals surface area contributed by atoms with Gasteiger partial charge in [-0.1, -0.05) is 13.8 Å². The third-order valence-corrected chi connectivity index (χ3v) is 7.49. The summed E-state index contributed by atoms with van der Waals surface area (Å²) in [6.45, 7) is 6.41. The Bertz CT molecular complexity index is 965. The number of nitrogens with one attached hydrogen (secondary N) is 3. The largest absolute Gasteiger partial charge is 0.396 e. The van der Waals surface area contributed by atoms with E-state index in [0.717, 1.165) is 0 Å². The van der Waals surface area contributed by atoms with Crippen molar-refractivity contribution in [3.8, 4) is 0 Å². The summed E-state index contributed by atoms with van der Waals surface area (Å²) in [5.41, 5.74) is -0.642. The molecule has 0 aliphatic rings. The maximum atomic E-state index is 12.1. The van der Waals surface area contributed by atoms with Gasteiger partial charge in [0, 0.05) is 83.9 Å². The van der Waals surface area contributed by atoms with Gasteiger partial charge in [0.25, 0.3) is 0 Å². The van der Waals surface area contributed by atoms with E-state index in [9.17, 15) is 44.4 Å². The van der Waals surface area contributed by atoms with Crippen LogP contribution in [0.4, 0.5) is 0 Å². The van der Waals surface area contributed by atoms with Crippen LogP contribution in [0.1, 0.15) is 111 Å². The van der Waals surface area contributed by atoms with Gasteiger partial charge < -0.3 is 21.1 Å². The molecule has 0 saturated heterocycles. The second kappa shape index (κ2) is 25.7. The van der Waals surface area contributed by atoms with Gasteiger partial charge in [0.2, 0.25) is 35.4 Å². The molecule has 272 valence electrons. The number of aliphatic hydroxyl groups is 1. The highest BCUT2D eigenvalue weighted by Gasteiger charge is 2.26. The van der Waals surface area contributed by atoms with E-state index in [1.807, 2.05) is 0 Å². The minimum atomic E-state index is -0.642. The Morgan fingerprint density at radius 2 is 0.936 bits per heavy atom. The molecule has 7 N–H and O–H groups in total. The number of rotatable bonds is 27. The number of amides is 6. The van der Waals surface area contributed by atoms with Gasteiger partial charge in [0.15, 0.2) is 0 Å². The molecule has 0 fully saturated rings. The maximum absolute atomic E-state index is 12.1. The quantitative estimate of drug-likeness (QED) is 0.0377. The zero-order chi connectivity index (χ0) is 35.7. The molecule has 0 aromatic carbocycles. The van der Waals surface area contributed by atoms with Gasteiger partial charge in [0.1, 0.15) is 0 Å². The monoisotopic (exact) mass is 674 g/mol. The summed E-state index contributed by atoms with van der Waals surface area (Å²) in [6, 6.07) is 0. The van der Waals surface area contributed by atoms with Gasteiger partial charge in [-0.05, 0) is 64.2 Å². The van der Waals surface area contributed by atoms with E-state index in [4.69, 9.17) is 5.11 Å². The summed E-state index contributed by atoms with van der Waals surface area (Å²) in [6.07, 6.45) is 5.56. The number of hydrogen-bond acceptors (Lipinski definition) is 10. The van der Waals surface area contributed by atoms with E-state index < -0.39 is 23.1 Å². The van der Waals surface area contributed by atoms with Crippen LogP contribution in [0.25, 0.3) is 0 Å². The van der Waals surface area contributed by atoms with E-state index in [2.05, 4.69) is 16.0 Å². The fourth-order valence-electron chi connectivity index (χ4n) is 4.26. The van der Waals surface area contributed by atoms with Crippen LogP contribution in [-0.2, 0) is 28.8 Å². The molecule has 6 amide bonds. The Hall–Kier alpha value is -3.34. The second-order valence-electron chi connectivity index (χ2n) is 12.2. The van der Waals surface area contributed by atoms with Crippen molar-refractivity contribution in [1.29, 1.82) is 0 Å². The van der Waals surface area contributed by atoms with Crippen LogP contribution < -0.4 is 16.0 Å². The van der Waals surface area contributed by atoms with E-state index in [-0.39, 0.29) is 69.6 Å². The SMILES string of the molecule is CC(=O)N(O)CCCCCNC(=O)CCC(=O)N(O)CCCCCNC(=O)CCC(=O)N(O)CCCCCNC(=O)C(C)(C)CCO. The topological polar surface area (TPSA) is 229 Å². The number of aliphatic hydroxyl groups excluding tert-OH is 1. The maximum Gasteiger partial charge on any atom is 0.246 e. The van der Waals surface area contributed by atoms with Crippen molar-refractivity contribution in [2.24, 2.45) is 5.41 Å². The molecule has 0 aliphatic carbocycles. The molecule has 0 rings (SSSR count). The lowest BCUT2D eigenvalue weighted by molar-refractivity contribution is -0.166. The summed E-state index contributed by atoms with van der Waals surface area (Å²) < 4.78 is 0. The zero-order valence-corrected chi connectivity index (χ0v) is 28.4. The third-order valence-electron chi connectivity index (χ3n) is 7.49. The van der Waals surface area contributed by atoms with Crippen molar-refractivity contribution in [2.75, 3.05) is 45.9 Å². The van der Waals surface area contributed by atoms with Crippen LogP contribution in [-0.4, -0.2) is 117 Å². The third kappa shape index (κ3) is 22.8. The van der Waals surface area contributed by atoms with Crippen molar-refractivity contribution in [1.82, 2.24) is 31.1 Å². The lowest BCUT2D eigenvalue weighted by Crippen LogP contribution is -2.38. The van der Waals surface area contributed by atoms with Crippen molar-refractivity contribution >= 4 is 35.4 Å². The molecule has 0 aromatic heterocycles. The highest BCUT2D eigenvalue weighted by Crippen LogP contribution is 2.19. The van der Waals surface area contributed by atoms with Crippen molar-refractivity contribution in [2.45, 2.75) is 111 Å². The van der Waals surface area contributed by atoms with E-state index in [1.54, 1.807) is 13.8 Å². The molecule has 0 spiro atoms. The predicted molar refractivity (Wildman–Crippen MR) is 171 cm³/mol. The minimum Gasteiger partial charge on any atom is -0.396 e. The van der Waals surface area contributed by atoms with Crippen LogP contribution in [0.15, 0.2) is 0 Å². The van der Waals surface area contributed by atoms with Crippen LogP contribution in [0.5, 0.6) is 0 Å². The van der Waals surface area contributed by atoms with Gasteiger partial charge in [0.05, 0.1) is 0 Å². The Morgan fingerprint density at radius 1 is 0.553 bits per heavy atom. The number of carbonyl (C=O) groups is 6. The molecule has 0 atom stereocenters. The summed E-state index contributed by atoms with van der Waals surface area (Å²) >= 11 is 0. The van der Waals surface area contributed by atoms with E-state index >= 15 is 0 Å². The first-order valence-corrected chi connectivity index (χ1v) is 16.6. The highest BCUT2D eigenvalue weighted by atomic mass is 16.5. The average molecular weight is 675 g/mol. The van der Waals surface area contributed by atoms with Gasteiger partial charge in [-0.2, -0.15) is 0 Å². The van der Waals surface area contributed by atoms with Gasteiger partial charge in [-0.15, -0.1) is 0 Å². The van der Waals surface area contributed by atoms with Crippen LogP contribution in [0, 0.1) is 5.41 Å². The molecule has 16 nitrogen and oxygen atoms in total. The molecular formula is C31H58N6O10. The van der Waals surface area contributed by atoms with Gasteiger partial charge in [-0.25, -0.2) is 15.2 Å². The zero-order valence-electron chi connectivity index (χ0n) is 28.4. The Balaban J connectivity index is 3.82. The Labute approximate surface area is 278 Å². The first-order valence-electron chi connectivity index (χ1n) is 16.6. The minimum absolute atomic E-state index is 0.0554. The van der Waals surface area contributed by atoms with Crippen LogP contribution in [0.2, 0.25) is 0 Å². The summed E-state index contributed by atoms with van der Waals surface area (Å²) in [4.78, 5) is 71.0. The molecule has 0 heterocycles. The molecule has 0 bridgehead atoms. The van der Waals surface area contributed by atoms with Gasteiger partial charge >= 0.3 is 0 Å². The van der Waals surface area contributed by atoms with E-state index in [1.165, 1.54) is 6.92 Å².